The van der Waals surface area contributed by atoms with Crippen molar-refractivity contribution < 1.29 is 14.3 Å². The van der Waals surface area contributed by atoms with Crippen molar-refractivity contribution in [2.45, 2.75) is 13.5 Å². The summed E-state index contributed by atoms with van der Waals surface area (Å²) < 4.78 is 12.7. The Hall–Kier alpha value is -2.77. The lowest BCUT2D eigenvalue weighted by Crippen LogP contribution is -2.48. The molecule has 0 radical (unpaired) electrons. The van der Waals surface area contributed by atoms with Crippen molar-refractivity contribution in [3.05, 3.63) is 58.5 Å². The van der Waals surface area contributed by atoms with Gasteiger partial charge in [0.25, 0.3) is 5.91 Å². The van der Waals surface area contributed by atoms with Crippen molar-refractivity contribution in [2.24, 2.45) is 0 Å². The Kier molecular flexibility index (Phi) is 4.56. The number of aryl methyl sites for hydroxylation is 1. The number of halogens is 1. The van der Waals surface area contributed by atoms with E-state index in [1.165, 1.54) is 5.56 Å². The maximum Gasteiger partial charge on any atom is 0.272 e. The van der Waals surface area contributed by atoms with E-state index < -0.39 is 0 Å². The number of carbonyl (C=O) groups excluding carboxylic acids is 1. The molecule has 0 spiro atoms. The average Bonchev–Trinajstić information content (AvgIpc) is 3.30. The molecule has 29 heavy (non-hydrogen) atoms. The van der Waals surface area contributed by atoms with E-state index in [0.29, 0.717) is 29.5 Å². The third-order valence-electron chi connectivity index (χ3n) is 5.47. The standard InChI is InChI=1S/C21H21ClN4O3/c1-14-20(26-5-4-16(22)11-19(26)23-14)21(27)25-8-6-24(7-9-25)12-15-2-3-17-18(10-15)29-13-28-17/h2-5,10-11H,6-9,12-13H2,1H3. The number of fused-ring (bicyclic) bond motifs is 2. The Morgan fingerprint density at radius 2 is 1.90 bits per heavy atom. The Labute approximate surface area is 173 Å². The number of carbonyl (C=O) groups is 1. The highest BCUT2D eigenvalue weighted by molar-refractivity contribution is 6.30. The van der Waals surface area contributed by atoms with Gasteiger partial charge in [-0.25, -0.2) is 4.98 Å². The highest BCUT2D eigenvalue weighted by atomic mass is 35.5. The van der Waals surface area contributed by atoms with Gasteiger partial charge in [0.05, 0.1) is 5.69 Å². The quantitative estimate of drug-likeness (QED) is 0.662. The lowest BCUT2D eigenvalue weighted by Gasteiger charge is -2.34. The van der Waals surface area contributed by atoms with Crippen LogP contribution in [0.5, 0.6) is 11.5 Å². The number of imidazole rings is 1. The number of pyridine rings is 1. The molecule has 1 aromatic carbocycles. The van der Waals surface area contributed by atoms with E-state index >= 15 is 0 Å². The van der Waals surface area contributed by atoms with Crippen molar-refractivity contribution in [1.29, 1.82) is 0 Å². The molecule has 4 heterocycles. The molecule has 1 amide bonds. The van der Waals surface area contributed by atoms with Gasteiger partial charge < -0.3 is 14.4 Å². The van der Waals surface area contributed by atoms with E-state index in [0.717, 1.165) is 36.8 Å². The van der Waals surface area contributed by atoms with Gasteiger partial charge in [0.1, 0.15) is 11.3 Å². The molecule has 2 aliphatic rings. The van der Waals surface area contributed by atoms with Gasteiger partial charge in [0.15, 0.2) is 11.5 Å². The zero-order valence-corrected chi connectivity index (χ0v) is 16.9. The van der Waals surface area contributed by atoms with Crippen LogP contribution in [0.4, 0.5) is 0 Å². The molecule has 150 valence electrons. The fraction of sp³-hybridized carbons (Fsp3) is 0.333. The number of amides is 1. The number of benzene rings is 1. The van der Waals surface area contributed by atoms with E-state index in [4.69, 9.17) is 21.1 Å². The molecular formula is C21H21ClN4O3. The van der Waals surface area contributed by atoms with E-state index in [1.54, 1.807) is 18.3 Å². The van der Waals surface area contributed by atoms with Crippen molar-refractivity contribution in [3.63, 3.8) is 0 Å². The Bertz CT molecular complexity index is 1090. The fourth-order valence-corrected chi connectivity index (χ4v) is 4.11. The van der Waals surface area contributed by atoms with Crippen LogP contribution in [-0.2, 0) is 6.54 Å². The largest absolute Gasteiger partial charge is 0.454 e. The summed E-state index contributed by atoms with van der Waals surface area (Å²) in [4.78, 5) is 21.9. The zero-order chi connectivity index (χ0) is 20.0. The predicted octanol–water partition coefficient (Wildman–Crippen LogP) is 2.98. The second-order valence-corrected chi connectivity index (χ2v) is 7.81. The third-order valence-corrected chi connectivity index (χ3v) is 5.70. The minimum atomic E-state index is 0.0139. The SMILES string of the molecule is Cc1nc2cc(Cl)ccn2c1C(=O)N1CCN(Cc2ccc3c(c2)OCO3)CC1. The Balaban J connectivity index is 1.26. The highest BCUT2D eigenvalue weighted by Gasteiger charge is 2.26. The minimum Gasteiger partial charge on any atom is -0.454 e. The molecule has 0 bridgehead atoms. The lowest BCUT2D eigenvalue weighted by molar-refractivity contribution is 0.0621. The summed E-state index contributed by atoms with van der Waals surface area (Å²) in [5.41, 5.74) is 3.21. The van der Waals surface area contributed by atoms with Crippen molar-refractivity contribution in [1.82, 2.24) is 19.2 Å². The summed E-state index contributed by atoms with van der Waals surface area (Å²) in [7, 11) is 0. The first kappa shape index (κ1) is 18.3. The van der Waals surface area contributed by atoms with Crippen LogP contribution < -0.4 is 9.47 Å². The van der Waals surface area contributed by atoms with Crippen molar-refractivity contribution in [3.8, 4) is 11.5 Å². The van der Waals surface area contributed by atoms with Gasteiger partial charge in [-0.1, -0.05) is 17.7 Å². The first-order valence-electron chi connectivity index (χ1n) is 9.63. The molecule has 0 atom stereocenters. The molecule has 3 aromatic rings. The van der Waals surface area contributed by atoms with E-state index in [1.807, 2.05) is 28.4 Å². The topological polar surface area (TPSA) is 59.3 Å². The fourth-order valence-electron chi connectivity index (χ4n) is 3.95. The first-order valence-corrected chi connectivity index (χ1v) is 10.0. The summed E-state index contributed by atoms with van der Waals surface area (Å²) in [6, 6.07) is 9.60. The second-order valence-electron chi connectivity index (χ2n) is 7.37. The van der Waals surface area contributed by atoms with Crippen LogP contribution >= 0.6 is 11.6 Å². The molecule has 0 aliphatic carbocycles. The number of rotatable bonds is 3. The van der Waals surface area contributed by atoms with Gasteiger partial charge in [-0.2, -0.15) is 0 Å². The average molecular weight is 413 g/mol. The molecule has 5 rings (SSSR count). The van der Waals surface area contributed by atoms with Gasteiger partial charge in [-0.05, 0) is 30.7 Å². The number of hydrogen-bond donors (Lipinski definition) is 0. The van der Waals surface area contributed by atoms with Crippen LogP contribution in [0.1, 0.15) is 21.7 Å². The molecule has 2 aromatic heterocycles. The molecule has 8 heteroatoms. The molecular weight excluding hydrogens is 392 g/mol. The highest BCUT2D eigenvalue weighted by Crippen LogP contribution is 2.33. The van der Waals surface area contributed by atoms with Gasteiger partial charge in [-0.15, -0.1) is 0 Å². The molecule has 1 fully saturated rings. The predicted molar refractivity (Wildman–Crippen MR) is 109 cm³/mol. The van der Waals surface area contributed by atoms with Gasteiger partial charge in [0.2, 0.25) is 6.79 Å². The summed E-state index contributed by atoms with van der Waals surface area (Å²) in [5.74, 6) is 1.62. The van der Waals surface area contributed by atoms with Crippen LogP contribution in [0.25, 0.3) is 5.65 Å². The lowest BCUT2D eigenvalue weighted by atomic mass is 10.1. The minimum absolute atomic E-state index is 0.0139. The maximum absolute atomic E-state index is 13.2. The van der Waals surface area contributed by atoms with Crippen LogP contribution in [0.15, 0.2) is 36.5 Å². The molecule has 0 saturated carbocycles. The number of ether oxygens (including phenoxy) is 2. The summed E-state index contributed by atoms with van der Waals surface area (Å²) in [6.07, 6.45) is 1.81. The molecule has 0 unspecified atom stereocenters. The summed E-state index contributed by atoms with van der Waals surface area (Å²) in [6.45, 7) is 5.99. The van der Waals surface area contributed by atoms with E-state index in [-0.39, 0.29) is 12.7 Å². The third kappa shape index (κ3) is 3.41. The molecule has 1 saturated heterocycles. The van der Waals surface area contributed by atoms with Gasteiger partial charge >= 0.3 is 0 Å². The zero-order valence-electron chi connectivity index (χ0n) is 16.1. The number of nitrogens with zero attached hydrogens (tertiary/aromatic N) is 4. The molecule has 7 nitrogen and oxygen atoms in total. The summed E-state index contributed by atoms with van der Waals surface area (Å²) in [5, 5.41) is 0.610. The van der Waals surface area contributed by atoms with Crippen LogP contribution in [0.3, 0.4) is 0 Å². The normalized spacial score (nSPS) is 16.6. The van der Waals surface area contributed by atoms with Crippen LogP contribution in [-0.4, -0.2) is 58.1 Å². The number of hydrogen-bond acceptors (Lipinski definition) is 5. The smallest absolute Gasteiger partial charge is 0.272 e. The van der Waals surface area contributed by atoms with Crippen LogP contribution in [0, 0.1) is 6.92 Å². The van der Waals surface area contributed by atoms with Crippen LogP contribution in [0.2, 0.25) is 5.02 Å². The first-order chi connectivity index (χ1) is 14.1. The second kappa shape index (κ2) is 7.24. The van der Waals surface area contributed by atoms with Crippen molar-refractivity contribution in [2.75, 3.05) is 33.0 Å². The van der Waals surface area contributed by atoms with Crippen molar-refractivity contribution >= 4 is 23.2 Å². The summed E-state index contributed by atoms with van der Waals surface area (Å²) >= 11 is 6.05. The van der Waals surface area contributed by atoms with Gasteiger partial charge in [-0.3, -0.25) is 14.1 Å². The monoisotopic (exact) mass is 412 g/mol. The maximum atomic E-state index is 13.2. The molecule has 0 N–H and O–H groups in total. The van der Waals surface area contributed by atoms with E-state index in [9.17, 15) is 4.79 Å². The Morgan fingerprint density at radius 1 is 1.10 bits per heavy atom. The number of aromatic nitrogens is 2. The van der Waals surface area contributed by atoms with E-state index in [2.05, 4.69) is 16.0 Å². The number of piperazine rings is 1. The Morgan fingerprint density at radius 3 is 2.72 bits per heavy atom. The van der Waals surface area contributed by atoms with Gasteiger partial charge in [0, 0.05) is 50.0 Å². The molecule has 2 aliphatic heterocycles.